The lowest BCUT2D eigenvalue weighted by Crippen LogP contribution is -2.42. The fourth-order valence-corrected chi connectivity index (χ4v) is 4.93. The summed E-state index contributed by atoms with van der Waals surface area (Å²) >= 11 is 0. The van der Waals surface area contributed by atoms with Gasteiger partial charge in [-0.25, -0.2) is 4.39 Å². The number of amides is 1. The first-order valence-electron chi connectivity index (χ1n) is 11.7. The van der Waals surface area contributed by atoms with Gasteiger partial charge >= 0.3 is 0 Å². The predicted octanol–water partition coefficient (Wildman–Crippen LogP) is 4.99. The second-order valence-corrected chi connectivity index (χ2v) is 8.85. The van der Waals surface area contributed by atoms with Crippen LogP contribution in [-0.4, -0.2) is 43.1 Å². The number of rotatable bonds is 7. The molecule has 0 aliphatic carbocycles. The van der Waals surface area contributed by atoms with Crippen LogP contribution in [0.4, 0.5) is 10.1 Å². The number of anilines is 1. The zero-order valence-electron chi connectivity index (χ0n) is 18.7. The molecule has 1 amide bonds. The minimum atomic E-state index is -0.307. The van der Waals surface area contributed by atoms with Crippen LogP contribution in [0.15, 0.2) is 78.9 Å². The van der Waals surface area contributed by atoms with E-state index in [9.17, 15) is 9.18 Å². The van der Waals surface area contributed by atoms with Crippen molar-refractivity contribution in [2.24, 2.45) is 0 Å². The topological polar surface area (TPSA) is 32.8 Å². The number of hydrogen-bond donors (Lipinski definition) is 0. The molecule has 5 rings (SSSR count). The first-order chi connectivity index (χ1) is 16.2. The van der Waals surface area contributed by atoms with Crippen molar-refractivity contribution in [3.63, 3.8) is 0 Å². The van der Waals surface area contributed by atoms with E-state index in [2.05, 4.69) is 53.4 Å². The van der Waals surface area contributed by atoms with Crippen LogP contribution in [0, 0.1) is 5.82 Å². The molecule has 3 aromatic carbocycles. The van der Waals surface area contributed by atoms with E-state index in [-0.39, 0.29) is 23.9 Å². The summed E-state index contributed by atoms with van der Waals surface area (Å²) in [6.45, 7) is 3.09. The zero-order valence-corrected chi connectivity index (χ0v) is 18.7. The van der Waals surface area contributed by atoms with Gasteiger partial charge in [-0.05, 0) is 35.6 Å². The molecule has 1 fully saturated rings. The quantitative estimate of drug-likeness (QED) is 0.515. The number of benzene rings is 3. The molecule has 0 N–H and O–H groups in total. The van der Waals surface area contributed by atoms with Crippen molar-refractivity contribution in [1.29, 1.82) is 0 Å². The molecule has 5 heteroatoms. The number of para-hydroxylation sites is 1. The maximum atomic E-state index is 14.3. The first kappa shape index (κ1) is 21.8. The molecule has 0 saturated carbocycles. The molecule has 2 aliphatic rings. The Morgan fingerprint density at radius 3 is 2.12 bits per heavy atom. The SMILES string of the molecule is O=C1Cc2cccc(F)c2N1CCN1CCC(OC(c2ccccc2)c2ccccc2)CC1. The van der Waals surface area contributed by atoms with Crippen LogP contribution in [0.3, 0.4) is 0 Å². The summed E-state index contributed by atoms with van der Waals surface area (Å²) in [6.07, 6.45) is 2.27. The highest BCUT2D eigenvalue weighted by Crippen LogP contribution is 2.32. The molecule has 0 unspecified atom stereocenters. The third-order valence-corrected chi connectivity index (χ3v) is 6.69. The van der Waals surface area contributed by atoms with Crippen LogP contribution in [0.5, 0.6) is 0 Å². The summed E-state index contributed by atoms with van der Waals surface area (Å²) in [6, 6.07) is 25.7. The minimum Gasteiger partial charge on any atom is -0.365 e. The van der Waals surface area contributed by atoms with Gasteiger partial charge in [-0.2, -0.15) is 0 Å². The van der Waals surface area contributed by atoms with E-state index in [1.54, 1.807) is 11.0 Å². The summed E-state index contributed by atoms with van der Waals surface area (Å²) in [7, 11) is 0. The molecular formula is C28H29FN2O2. The van der Waals surface area contributed by atoms with Gasteiger partial charge in [-0.1, -0.05) is 72.8 Å². The van der Waals surface area contributed by atoms with E-state index < -0.39 is 0 Å². The molecule has 0 atom stereocenters. The molecule has 33 heavy (non-hydrogen) atoms. The van der Waals surface area contributed by atoms with Crippen LogP contribution < -0.4 is 4.90 Å². The standard InChI is InChI=1S/C28H29FN2O2/c29-25-13-7-12-23-20-26(32)31(27(23)25)19-18-30-16-14-24(15-17-30)33-28(21-8-3-1-4-9-21)22-10-5-2-6-11-22/h1-13,24,28H,14-20H2. The first-order valence-corrected chi connectivity index (χ1v) is 11.7. The molecule has 3 aromatic rings. The Labute approximate surface area is 194 Å². The van der Waals surface area contributed by atoms with Gasteiger partial charge in [0.2, 0.25) is 5.91 Å². The fourth-order valence-electron chi connectivity index (χ4n) is 4.93. The lowest BCUT2D eigenvalue weighted by Gasteiger charge is -2.35. The van der Waals surface area contributed by atoms with Crippen molar-refractivity contribution in [2.75, 3.05) is 31.1 Å². The Morgan fingerprint density at radius 1 is 0.848 bits per heavy atom. The van der Waals surface area contributed by atoms with E-state index in [1.807, 2.05) is 18.2 Å². The van der Waals surface area contributed by atoms with E-state index in [1.165, 1.54) is 17.2 Å². The number of ether oxygens (including phenoxy) is 1. The van der Waals surface area contributed by atoms with Crippen LogP contribution in [-0.2, 0) is 16.0 Å². The van der Waals surface area contributed by atoms with Crippen LogP contribution in [0.25, 0.3) is 0 Å². The van der Waals surface area contributed by atoms with Gasteiger partial charge in [-0.15, -0.1) is 0 Å². The number of halogens is 1. The van der Waals surface area contributed by atoms with Crippen LogP contribution >= 0.6 is 0 Å². The summed E-state index contributed by atoms with van der Waals surface area (Å²) in [5.41, 5.74) is 3.59. The summed E-state index contributed by atoms with van der Waals surface area (Å²) in [4.78, 5) is 16.4. The van der Waals surface area contributed by atoms with Crippen molar-refractivity contribution >= 4 is 11.6 Å². The number of hydrogen-bond acceptors (Lipinski definition) is 3. The maximum Gasteiger partial charge on any atom is 0.231 e. The van der Waals surface area contributed by atoms with E-state index in [0.717, 1.165) is 38.0 Å². The Hall–Kier alpha value is -3.02. The largest absolute Gasteiger partial charge is 0.365 e. The monoisotopic (exact) mass is 444 g/mol. The Balaban J connectivity index is 1.18. The Kier molecular flexibility index (Phi) is 6.51. The molecule has 1 saturated heterocycles. The Morgan fingerprint density at radius 2 is 1.48 bits per heavy atom. The van der Waals surface area contributed by atoms with Crippen molar-refractivity contribution < 1.29 is 13.9 Å². The molecular weight excluding hydrogens is 415 g/mol. The summed E-state index contributed by atoms with van der Waals surface area (Å²) < 4.78 is 20.9. The summed E-state index contributed by atoms with van der Waals surface area (Å²) in [5.74, 6) is -0.319. The number of likely N-dealkylation sites (tertiary alicyclic amines) is 1. The molecule has 2 aliphatic heterocycles. The number of fused-ring (bicyclic) bond motifs is 1. The predicted molar refractivity (Wildman–Crippen MR) is 128 cm³/mol. The van der Waals surface area contributed by atoms with E-state index >= 15 is 0 Å². The average Bonchev–Trinajstić information content (AvgIpc) is 3.19. The normalized spacial score (nSPS) is 17.0. The molecule has 0 bridgehead atoms. The van der Waals surface area contributed by atoms with Gasteiger partial charge in [0.05, 0.1) is 18.2 Å². The highest BCUT2D eigenvalue weighted by Gasteiger charge is 2.31. The number of carbonyl (C=O) groups is 1. The lowest BCUT2D eigenvalue weighted by molar-refractivity contribution is -0.117. The molecule has 0 spiro atoms. The highest BCUT2D eigenvalue weighted by molar-refractivity contribution is 6.01. The van der Waals surface area contributed by atoms with Crippen LogP contribution in [0.2, 0.25) is 0 Å². The summed E-state index contributed by atoms with van der Waals surface area (Å²) in [5, 5.41) is 0. The second-order valence-electron chi connectivity index (χ2n) is 8.85. The molecule has 2 heterocycles. The van der Waals surface area contributed by atoms with E-state index in [4.69, 9.17) is 4.74 Å². The van der Waals surface area contributed by atoms with Crippen LogP contribution in [0.1, 0.15) is 35.6 Å². The highest BCUT2D eigenvalue weighted by atomic mass is 19.1. The average molecular weight is 445 g/mol. The smallest absolute Gasteiger partial charge is 0.231 e. The van der Waals surface area contributed by atoms with E-state index in [0.29, 0.717) is 18.7 Å². The van der Waals surface area contributed by atoms with Crippen molar-refractivity contribution in [3.8, 4) is 0 Å². The van der Waals surface area contributed by atoms with Crippen molar-refractivity contribution in [3.05, 3.63) is 101 Å². The lowest BCUT2D eigenvalue weighted by atomic mass is 10.00. The number of carbonyl (C=O) groups excluding carboxylic acids is 1. The minimum absolute atomic E-state index is 0.0121. The molecule has 170 valence electrons. The van der Waals surface area contributed by atoms with Crippen molar-refractivity contribution in [1.82, 2.24) is 4.90 Å². The number of piperidine rings is 1. The molecule has 4 nitrogen and oxygen atoms in total. The second kappa shape index (κ2) is 9.86. The van der Waals surface area contributed by atoms with Gasteiger partial charge in [0.25, 0.3) is 0 Å². The van der Waals surface area contributed by atoms with Gasteiger partial charge in [0, 0.05) is 26.2 Å². The Bertz CT molecular complexity index is 1040. The molecule has 0 radical (unpaired) electrons. The van der Waals surface area contributed by atoms with Gasteiger partial charge in [0.1, 0.15) is 11.9 Å². The fraction of sp³-hybridized carbons (Fsp3) is 0.321. The maximum absolute atomic E-state index is 14.3. The van der Waals surface area contributed by atoms with Crippen molar-refractivity contribution in [2.45, 2.75) is 31.5 Å². The van der Waals surface area contributed by atoms with Gasteiger partial charge in [-0.3, -0.25) is 4.79 Å². The molecule has 0 aromatic heterocycles. The third-order valence-electron chi connectivity index (χ3n) is 6.69. The van der Waals surface area contributed by atoms with Gasteiger partial charge < -0.3 is 14.5 Å². The third kappa shape index (κ3) is 4.85. The van der Waals surface area contributed by atoms with Gasteiger partial charge in [0.15, 0.2) is 0 Å². The number of nitrogens with zero attached hydrogens (tertiary/aromatic N) is 2. The zero-order chi connectivity index (χ0) is 22.6.